The van der Waals surface area contributed by atoms with Gasteiger partial charge in [-0.05, 0) is 24.3 Å². The Hall–Kier alpha value is -2.70. The van der Waals surface area contributed by atoms with Crippen LogP contribution in [0, 0.1) is 0 Å². The summed E-state index contributed by atoms with van der Waals surface area (Å²) in [6.07, 6.45) is 3.41. The number of nitrogens with zero attached hydrogens (tertiary/aromatic N) is 3. The van der Waals surface area contributed by atoms with Crippen molar-refractivity contribution in [3.63, 3.8) is 0 Å². The first kappa shape index (κ1) is 18.1. The molecular formula is C19H20ClN5O. The molecule has 26 heavy (non-hydrogen) atoms. The number of aromatic nitrogens is 2. The van der Waals surface area contributed by atoms with Crippen LogP contribution in [-0.4, -0.2) is 42.1 Å². The van der Waals surface area contributed by atoms with E-state index in [0.29, 0.717) is 11.4 Å². The molecule has 1 aromatic carbocycles. The molecule has 0 aliphatic carbocycles. The van der Waals surface area contributed by atoms with Crippen LogP contribution in [0.25, 0.3) is 10.9 Å². The van der Waals surface area contributed by atoms with Gasteiger partial charge in [-0.25, -0.2) is 0 Å². The Labute approximate surface area is 158 Å². The van der Waals surface area contributed by atoms with Crippen LogP contribution in [0.5, 0.6) is 0 Å². The number of rotatable bonds is 3. The molecule has 134 valence electrons. The highest BCUT2D eigenvalue weighted by molar-refractivity contribution is 6.07. The van der Waals surface area contributed by atoms with Crippen molar-refractivity contribution < 1.29 is 4.79 Å². The smallest absolute Gasteiger partial charge is 0.274 e. The predicted octanol–water partition coefficient (Wildman–Crippen LogP) is 2.71. The van der Waals surface area contributed by atoms with Gasteiger partial charge in [-0.2, -0.15) is 0 Å². The summed E-state index contributed by atoms with van der Waals surface area (Å²) in [4.78, 5) is 23.5. The lowest BCUT2D eigenvalue weighted by Crippen LogP contribution is -2.43. The van der Waals surface area contributed by atoms with Gasteiger partial charge in [0.25, 0.3) is 5.91 Å². The number of nitrogens with one attached hydrogen (secondary N) is 2. The molecule has 1 aliphatic rings. The van der Waals surface area contributed by atoms with Crippen LogP contribution in [-0.2, 0) is 0 Å². The number of benzene rings is 1. The van der Waals surface area contributed by atoms with E-state index in [1.165, 1.54) is 0 Å². The van der Waals surface area contributed by atoms with Crippen LogP contribution in [0.4, 0.5) is 11.4 Å². The molecule has 1 amide bonds. The average molecular weight is 370 g/mol. The molecule has 3 aromatic rings. The molecule has 1 saturated heterocycles. The first-order valence-corrected chi connectivity index (χ1v) is 8.38. The molecule has 1 fully saturated rings. The molecule has 1 aliphatic heterocycles. The van der Waals surface area contributed by atoms with Crippen molar-refractivity contribution in [2.75, 3.05) is 36.4 Å². The normalized spacial score (nSPS) is 13.9. The molecule has 2 N–H and O–H groups in total. The summed E-state index contributed by atoms with van der Waals surface area (Å²) in [6.45, 7) is 3.76. The van der Waals surface area contributed by atoms with E-state index < -0.39 is 0 Å². The summed E-state index contributed by atoms with van der Waals surface area (Å²) in [5, 5.41) is 7.25. The molecule has 4 rings (SSSR count). The molecule has 0 radical (unpaired) electrons. The second kappa shape index (κ2) is 8.12. The van der Waals surface area contributed by atoms with E-state index in [4.69, 9.17) is 0 Å². The summed E-state index contributed by atoms with van der Waals surface area (Å²) in [7, 11) is 0. The number of piperazine rings is 1. The quantitative estimate of drug-likeness (QED) is 0.742. The standard InChI is InChI=1S/C19H19N5O.ClH/c25-19(23-16-5-1-3-14-4-2-7-22-18(14)16)17-13-15(6-8-21-17)24-11-9-20-10-12-24;/h1-8,13,20H,9-12H2,(H,23,25);1H. The third-order valence-electron chi connectivity index (χ3n) is 4.34. The topological polar surface area (TPSA) is 70.2 Å². The summed E-state index contributed by atoms with van der Waals surface area (Å²) in [5.74, 6) is -0.227. The zero-order valence-corrected chi connectivity index (χ0v) is 15.0. The van der Waals surface area contributed by atoms with Crippen molar-refractivity contribution in [1.29, 1.82) is 0 Å². The van der Waals surface area contributed by atoms with Crippen molar-refractivity contribution in [2.24, 2.45) is 0 Å². The van der Waals surface area contributed by atoms with E-state index in [1.54, 1.807) is 12.4 Å². The highest BCUT2D eigenvalue weighted by atomic mass is 35.5. The number of halogens is 1. The highest BCUT2D eigenvalue weighted by Crippen LogP contribution is 2.22. The van der Waals surface area contributed by atoms with E-state index in [2.05, 4.69) is 25.5 Å². The van der Waals surface area contributed by atoms with Gasteiger partial charge in [0.15, 0.2) is 0 Å². The van der Waals surface area contributed by atoms with Gasteiger partial charge < -0.3 is 15.5 Å². The maximum Gasteiger partial charge on any atom is 0.274 e. The molecule has 7 heteroatoms. The van der Waals surface area contributed by atoms with Crippen LogP contribution in [0.1, 0.15) is 10.5 Å². The summed E-state index contributed by atoms with van der Waals surface area (Å²) in [6, 6.07) is 13.4. The van der Waals surface area contributed by atoms with Crippen LogP contribution in [0.3, 0.4) is 0 Å². The number of hydrogen-bond donors (Lipinski definition) is 2. The number of pyridine rings is 2. The van der Waals surface area contributed by atoms with Crippen molar-refractivity contribution in [2.45, 2.75) is 0 Å². The molecule has 0 spiro atoms. The Morgan fingerprint density at radius 2 is 1.85 bits per heavy atom. The number of fused-ring (bicyclic) bond motifs is 1. The zero-order valence-electron chi connectivity index (χ0n) is 14.2. The molecule has 0 bridgehead atoms. The van der Waals surface area contributed by atoms with E-state index in [0.717, 1.165) is 42.8 Å². The maximum absolute atomic E-state index is 12.7. The molecule has 2 aromatic heterocycles. The minimum atomic E-state index is -0.227. The Morgan fingerprint density at radius 1 is 1.04 bits per heavy atom. The first-order valence-electron chi connectivity index (χ1n) is 8.38. The van der Waals surface area contributed by atoms with Crippen LogP contribution in [0.2, 0.25) is 0 Å². The Balaban J connectivity index is 0.00000196. The lowest BCUT2D eigenvalue weighted by Gasteiger charge is -2.29. The number of carbonyl (C=O) groups excluding carboxylic acids is 1. The summed E-state index contributed by atoms with van der Waals surface area (Å²) >= 11 is 0. The maximum atomic E-state index is 12.7. The summed E-state index contributed by atoms with van der Waals surface area (Å²) < 4.78 is 0. The second-order valence-electron chi connectivity index (χ2n) is 5.97. The number of amides is 1. The number of carbonyl (C=O) groups is 1. The van der Waals surface area contributed by atoms with Gasteiger partial charge in [0.05, 0.1) is 11.2 Å². The molecule has 0 unspecified atom stereocenters. The molecule has 0 atom stereocenters. The van der Waals surface area contributed by atoms with Gasteiger partial charge in [0.1, 0.15) is 5.69 Å². The third kappa shape index (κ3) is 3.76. The number of para-hydroxylation sites is 1. The van der Waals surface area contributed by atoms with Crippen molar-refractivity contribution in [3.8, 4) is 0 Å². The molecular weight excluding hydrogens is 350 g/mol. The minimum absolute atomic E-state index is 0. The number of anilines is 2. The van der Waals surface area contributed by atoms with E-state index >= 15 is 0 Å². The number of hydrogen-bond acceptors (Lipinski definition) is 5. The van der Waals surface area contributed by atoms with E-state index in [1.807, 2.05) is 42.5 Å². The van der Waals surface area contributed by atoms with Gasteiger partial charge in [0.2, 0.25) is 0 Å². The van der Waals surface area contributed by atoms with Gasteiger partial charge >= 0.3 is 0 Å². The fraction of sp³-hybridized carbons (Fsp3) is 0.211. The predicted molar refractivity (Wildman–Crippen MR) is 106 cm³/mol. The molecule has 3 heterocycles. The minimum Gasteiger partial charge on any atom is -0.369 e. The van der Waals surface area contributed by atoms with Crippen LogP contribution in [0.15, 0.2) is 54.9 Å². The van der Waals surface area contributed by atoms with E-state index in [-0.39, 0.29) is 18.3 Å². The van der Waals surface area contributed by atoms with Gasteiger partial charge in [-0.3, -0.25) is 14.8 Å². The Bertz CT molecular complexity index is 906. The largest absolute Gasteiger partial charge is 0.369 e. The first-order chi connectivity index (χ1) is 12.3. The fourth-order valence-corrected chi connectivity index (χ4v) is 3.05. The van der Waals surface area contributed by atoms with Gasteiger partial charge in [-0.1, -0.05) is 18.2 Å². The second-order valence-corrected chi connectivity index (χ2v) is 5.97. The summed E-state index contributed by atoms with van der Waals surface area (Å²) in [5.41, 5.74) is 2.90. The third-order valence-corrected chi connectivity index (χ3v) is 4.34. The lowest BCUT2D eigenvalue weighted by atomic mass is 10.2. The average Bonchev–Trinajstić information content (AvgIpc) is 2.69. The zero-order chi connectivity index (χ0) is 17.1. The van der Waals surface area contributed by atoms with Crippen LogP contribution < -0.4 is 15.5 Å². The van der Waals surface area contributed by atoms with Crippen molar-refractivity contribution in [3.05, 3.63) is 60.6 Å². The van der Waals surface area contributed by atoms with Gasteiger partial charge in [0, 0.05) is 49.6 Å². The molecule has 0 saturated carbocycles. The highest BCUT2D eigenvalue weighted by Gasteiger charge is 2.15. The van der Waals surface area contributed by atoms with Crippen molar-refractivity contribution >= 4 is 40.6 Å². The monoisotopic (exact) mass is 369 g/mol. The van der Waals surface area contributed by atoms with Crippen molar-refractivity contribution in [1.82, 2.24) is 15.3 Å². The Morgan fingerprint density at radius 3 is 2.69 bits per heavy atom. The lowest BCUT2D eigenvalue weighted by molar-refractivity contribution is 0.102. The van der Waals surface area contributed by atoms with Gasteiger partial charge in [-0.15, -0.1) is 12.4 Å². The SMILES string of the molecule is Cl.O=C(Nc1cccc2cccnc12)c1cc(N2CCNCC2)ccn1. The Kier molecular flexibility index (Phi) is 5.65. The van der Waals surface area contributed by atoms with E-state index in [9.17, 15) is 4.79 Å². The fourth-order valence-electron chi connectivity index (χ4n) is 3.05. The van der Waals surface area contributed by atoms with Crippen LogP contribution >= 0.6 is 12.4 Å². The molecule has 6 nitrogen and oxygen atoms in total.